The maximum absolute atomic E-state index is 4.97. The Morgan fingerprint density at radius 1 is 1.19 bits per heavy atom. The van der Waals surface area contributed by atoms with Gasteiger partial charge in [-0.15, -0.1) is 0 Å². The van der Waals surface area contributed by atoms with Crippen LogP contribution in [0.25, 0.3) is 0 Å². The Morgan fingerprint density at radius 3 is 2.38 bits per heavy atom. The number of rotatable bonds is 4. The highest BCUT2D eigenvalue weighted by Gasteiger charge is 2.53. The Morgan fingerprint density at radius 2 is 1.81 bits per heavy atom. The van der Waals surface area contributed by atoms with Gasteiger partial charge in [-0.25, -0.2) is 9.97 Å². The monoisotopic (exact) mass is 397 g/mol. The average molecular weight is 397 g/mol. The smallest absolute Gasteiger partial charge is 0.143 e. The third-order valence-electron chi connectivity index (χ3n) is 5.80. The maximum Gasteiger partial charge on any atom is 0.143 e. The van der Waals surface area contributed by atoms with E-state index in [1.165, 1.54) is 38.5 Å². The number of halogens is 1. The Labute approximate surface area is 140 Å². The number of hydrogen-bond donors (Lipinski definition) is 1. The van der Waals surface area contributed by atoms with Crippen LogP contribution in [0.4, 0.5) is 5.82 Å². The van der Waals surface area contributed by atoms with Crippen molar-refractivity contribution in [3.8, 4) is 0 Å². The molecule has 0 spiro atoms. The van der Waals surface area contributed by atoms with E-state index in [4.69, 9.17) is 9.97 Å². The summed E-state index contributed by atoms with van der Waals surface area (Å²) in [6.45, 7) is 3.19. The van der Waals surface area contributed by atoms with Crippen molar-refractivity contribution < 1.29 is 0 Å². The Balaban J connectivity index is 1.66. The molecular formula is C17H24IN3. The molecule has 0 atom stereocenters. The zero-order valence-electron chi connectivity index (χ0n) is 12.7. The second kappa shape index (κ2) is 5.36. The molecule has 1 aromatic rings. The average Bonchev–Trinajstić information content (AvgIpc) is 2.45. The molecule has 0 aromatic carbocycles. The first kappa shape index (κ1) is 14.2. The number of aromatic nitrogens is 2. The number of anilines is 1. The molecule has 5 rings (SSSR count). The van der Waals surface area contributed by atoms with Crippen LogP contribution in [-0.4, -0.2) is 16.5 Å². The summed E-state index contributed by atoms with van der Waals surface area (Å²) in [5, 5.41) is 3.48. The van der Waals surface area contributed by atoms with E-state index in [-0.39, 0.29) is 0 Å². The minimum atomic E-state index is 0.307. The molecule has 4 fully saturated rings. The molecule has 0 saturated heterocycles. The second-order valence-electron chi connectivity index (χ2n) is 7.51. The van der Waals surface area contributed by atoms with E-state index in [1.54, 1.807) is 0 Å². The van der Waals surface area contributed by atoms with Crippen LogP contribution in [0.2, 0.25) is 0 Å². The quantitative estimate of drug-likeness (QED) is 0.767. The minimum absolute atomic E-state index is 0.307. The van der Waals surface area contributed by atoms with Crippen LogP contribution in [0.15, 0.2) is 6.20 Å². The third kappa shape index (κ3) is 2.47. The summed E-state index contributed by atoms with van der Waals surface area (Å²) in [7, 11) is 0. The van der Waals surface area contributed by atoms with Crippen molar-refractivity contribution in [2.75, 3.05) is 11.9 Å². The highest BCUT2D eigenvalue weighted by Crippen LogP contribution is 2.60. The van der Waals surface area contributed by atoms with E-state index in [2.05, 4.69) is 34.8 Å². The summed E-state index contributed by atoms with van der Waals surface area (Å²) < 4.78 is 1.15. The summed E-state index contributed by atoms with van der Waals surface area (Å²) in [6, 6.07) is 0. The summed E-state index contributed by atoms with van der Waals surface area (Å²) in [5.41, 5.74) is 0.307. The topological polar surface area (TPSA) is 37.8 Å². The summed E-state index contributed by atoms with van der Waals surface area (Å²) in [4.78, 5) is 9.75. The van der Waals surface area contributed by atoms with E-state index in [0.29, 0.717) is 5.41 Å². The summed E-state index contributed by atoms with van der Waals surface area (Å²) >= 11 is 2.35. The lowest BCUT2D eigenvalue weighted by Gasteiger charge is -2.56. The van der Waals surface area contributed by atoms with Crippen molar-refractivity contribution in [1.29, 1.82) is 0 Å². The van der Waals surface area contributed by atoms with Crippen molar-refractivity contribution in [2.45, 2.75) is 57.3 Å². The first-order valence-corrected chi connectivity index (χ1v) is 9.53. The zero-order chi connectivity index (χ0) is 14.4. The van der Waals surface area contributed by atoms with Gasteiger partial charge in [0.05, 0.1) is 3.57 Å². The molecule has 0 aliphatic heterocycles. The molecule has 1 aromatic heterocycles. The van der Waals surface area contributed by atoms with Crippen molar-refractivity contribution in [1.82, 2.24) is 9.97 Å². The number of hydrogen-bond acceptors (Lipinski definition) is 3. The lowest BCUT2D eigenvalue weighted by atomic mass is 9.49. The van der Waals surface area contributed by atoms with Gasteiger partial charge in [-0.2, -0.15) is 0 Å². The molecule has 4 bridgehead atoms. The number of nitrogens with zero attached hydrogens (tertiary/aromatic N) is 2. The summed E-state index contributed by atoms with van der Waals surface area (Å²) in [6.07, 6.45) is 11.6. The Hall–Kier alpha value is -0.390. The predicted octanol–water partition coefficient (Wildman–Crippen LogP) is 4.37. The third-order valence-corrected chi connectivity index (χ3v) is 6.59. The van der Waals surface area contributed by atoms with Crippen LogP contribution in [-0.2, 0) is 5.41 Å². The van der Waals surface area contributed by atoms with Gasteiger partial charge < -0.3 is 5.32 Å². The fourth-order valence-corrected chi connectivity index (χ4v) is 5.83. The van der Waals surface area contributed by atoms with Crippen LogP contribution < -0.4 is 5.32 Å². The van der Waals surface area contributed by atoms with Gasteiger partial charge in [-0.1, -0.05) is 6.92 Å². The molecule has 1 heterocycles. The van der Waals surface area contributed by atoms with E-state index < -0.39 is 0 Å². The van der Waals surface area contributed by atoms with Gasteiger partial charge in [-0.05, 0) is 85.3 Å². The van der Waals surface area contributed by atoms with Gasteiger partial charge in [-0.3, -0.25) is 0 Å². The van der Waals surface area contributed by atoms with E-state index in [1.807, 2.05) is 6.20 Å². The van der Waals surface area contributed by atoms with Gasteiger partial charge in [0.15, 0.2) is 0 Å². The van der Waals surface area contributed by atoms with Crippen LogP contribution in [0, 0.1) is 21.3 Å². The van der Waals surface area contributed by atoms with Crippen LogP contribution in [0.1, 0.15) is 57.7 Å². The minimum Gasteiger partial charge on any atom is -0.369 e. The normalized spacial score (nSPS) is 37.0. The first-order valence-electron chi connectivity index (χ1n) is 8.45. The highest BCUT2D eigenvalue weighted by atomic mass is 127. The van der Waals surface area contributed by atoms with Gasteiger partial charge >= 0.3 is 0 Å². The lowest BCUT2D eigenvalue weighted by Crippen LogP contribution is -2.49. The molecule has 3 nitrogen and oxygen atoms in total. The Bertz CT molecular complexity index is 508. The molecule has 4 aliphatic rings. The largest absolute Gasteiger partial charge is 0.369 e. The SMILES string of the molecule is CCCNc1nc(C23CC4CC(CC(C4)C2)C3)ncc1I. The fraction of sp³-hybridized carbons (Fsp3) is 0.765. The molecule has 4 aliphatic carbocycles. The van der Waals surface area contributed by atoms with Crippen molar-refractivity contribution in [3.05, 3.63) is 15.6 Å². The van der Waals surface area contributed by atoms with Gasteiger partial charge in [0, 0.05) is 18.2 Å². The molecule has 0 unspecified atom stereocenters. The lowest BCUT2D eigenvalue weighted by molar-refractivity contribution is -0.00935. The predicted molar refractivity (Wildman–Crippen MR) is 93.4 cm³/mol. The standard InChI is InChI=1S/C17H24IN3/c1-2-3-19-15-14(18)10-20-16(21-15)17-7-11-4-12(8-17)6-13(5-11)9-17/h10-13H,2-9H2,1H3,(H,19,20,21). The molecule has 1 N–H and O–H groups in total. The Kier molecular flexibility index (Phi) is 3.63. The molecule has 4 heteroatoms. The van der Waals surface area contributed by atoms with E-state index >= 15 is 0 Å². The van der Waals surface area contributed by atoms with Gasteiger partial charge in [0.2, 0.25) is 0 Å². The second-order valence-corrected chi connectivity index (χ2v) is 8.68. The van der Waals surface area contributed by atoms with Gasteiger partial charge in [0.1, 0.15) is 11.6 Å². The van der Waals surface area contributed by atoms with Crippen molar-refractivity contribution in [2.24, 2.45) is 17.8 Å². The van der Waals surface area contributed by atoms with Crippen molar-refractivity contribution in [3.63, 3.8) is 0 Å². The fourth-order valence-electron chi connectivity index (χ4n) is 5.37. The summed E-state index contributed by atoms with van der Waals surface area (Å²) in [5.74, 6) is 5.04. The molecular weight excluding hydrogens is 373 g/mol. The molecule has 0 radical (unpaired) electrons. The number of nitrogens with one attached hydrogen (secondary N) is 1. The van der Waals surface area contributed by atoms with E-state index in [9.17, 15) is 0 Å². The molecule has 4 saturated carbocycles. The molecule has 21 heavy (non-hydrogen) atoms. The first-order chi connectivity index (χ1) is 10.2. The van der Waals surface area contributed by atoms with Crippen molar-refractivity contribution >= 4 is 28.4 Å². The van der Waals surface area contributed by atoms with Gasteiger partial charge in [0.25, 0.3) is 0 Å². The van der Waals surface area contributed by atoms with E-state index in [0.717, 1.165) is 45.9 Å². The van der Waals surface area contributed by atoms with Crippen LogP contribution >= 0.6 is 22.6 Å². The molecule has 114 valence electrons. The highest BCUT2D eigenvalue weighted by molar-refractivity contribution is 14.1. The zero-order valence-corrected chi connectivity index (χ0v) is 14.9. The van der Waals surface area contributed by atoms with Crippen LogP contribution in [0.3, 0.4) is 0 Å². The van der Waals surface area contributed by atoms with Crippen LogP contribution in [0.5, 0.6) is 0 Å². The molecule has 0 amide bonds. The maximum atomic E-state index is 4.97.